The van der Waals surface area contributed by atoms with Gasteiger partial charge in [-0.3, -0.25) is 4.98 Å². The molecule has 1 aromatic carbocycles. The molecule has 0 radical (unpaired) electrons. The number of benzene rings is 1. The van der Waals surface area contributed by atoms with Gasteiger partial charge in [0.15, 0.2) is 5.58 Å². The van der Waals surface area contributed by atoms with Crippen LogP contribution in [-0.2, 0) is 0 Å². The predicted octanol–water partition coefficient (Wildman–Crippen LogP) is 3.85. The molecule has 3 aromatic rings. The normalized spacial score (nSPS) is 10.9. The van der Waals surface area contributed by atoms with Crippen molar-refractivity contribution >= 4 is 22.7 Å². The summed E-state index contributed by atoms with van der Waals surface area (Å²) in [5.74, 6) is 0.565. The summed E-state index contributed by atoms with van der Waals surface area (Å²) in [6.45, 7) is 1.95. The lowest BCUT2D eigenvalue weighted by Crippen LogP contribution is -1.78. The van der Waals surface area contributed by atoms with Gasteiger partial charge in [-0.15, -0.1) is 0 Å². The minimum atomic E-state index is 0.565. The van der Waals surface area contributed by atoms with Crippen molar-refractivity contribution in [3.8, 4) is 11.5 Å². The molecule has 0 saturated heterocycles. The Morgan fingerprint density at radius 2 is 1.88 bits per heavy atom. The summed E-state index contributed by atoms with van der Waals surface area (Å²) in [5.41, 5.74) is 3.30. The van der Waals surface area contributed by atoms with Crippen molar-refractivity contribution in [3.63, 3.8) is 0 Å². The third-order valence-corrected chi connectivity index (χ3v) is 3.10. The molecule has 0 bridgehead atoms. The van der Waals surface area contributed by atoms with E-state index >= 15 is 0 Å². The number of fused-ring (bicyclic) bond motifs is 1. The van der Waals surface area contributed by atoms with E-state index in [0.29, 0.717) is 22.0 Å². The quantitative estimate of drug-likeness (QED) is 0.653. The van der Waals surface area contributed by atoms with Crippen LogP contribution in [0.3, 0.4) is 0 Å². The van der Waals surface area contributed by atoms with Gasteiger partial charge >= 0.3 is 0 Å². The van der Waals surface area contributed by atoms with Crippen LogP contribution < -0.4 is 0 Å². The molecule has 0 atom stereocenters. The number of rotatable bonds is 1. The first-order chi connectivity index (χ1) is 8.25. The first-order valence-electron chi connectivity index (χ1n) is 5.22. The van der Waals surface area contributed by atoms with Gasteiger partial charge in [0.1, 0.15) is 5.52 Å². The maximum atomic E-state index is 6.19. The zero-order valence-corrected chi connectivity index (χ0v) is 9.90. The third-order valence-electron chi connectivity index (χ3n) is 2.62. The number of aryl methyl sites for hydroxylation is 1. The Hall–Kier alpha value is -1.87. The summed E-state index contributed by atoms with van der Waals surface area (Å²) in [6, 6.07) is 7.51. The fourth-order valence-corrected chi connectivity index (χ4v) is 1.88. The molecule has 3 rings (SSSR count). The summed E-state index contributed by atoms with van der Waals surface area (Å²) >= 11 is 6.19. The largest absolute Gasteiger partial charge is 0.436 e. The van der Waals surface area contributed by atoms with Crippen LogP contribution in [0.2, 0.25) is 5.02 Å². The first-order valence-corrected chi connectivity index (χ1v) is 5.59. The van der Waals surface area contributed by atoms with E-state index in [9.17, 15) is 0 Å². The zero-order chi connectivity index (χ0) is 11.8. The molecule has 4 heteroatoms. The van der Waals surface area contributed by atoms with E-state index < -0.39 is 0 Å². The highest BCUT2D eigenvalue weighted by Crippen LogP contribution is 2.30. The van der Waals surface area contributed by atoms with Crippen molar-refractivity contribution in [3.05, 3.63) is 47.2 Å². The van der Waals surface area contributed by atoms with Crippen LogP contribution in [0.5, 0.6) is 0 Å². The lowest BCUT2D eigenvalue weighted by Gasteiger charge is -1.94. The number of pyridine rings is 1. The van der Waals surface area contributed by atoms with E-state index in [2.05, 4.69) is 9.97 Å². The van der Waals surface area contributed by atoms with Crippen molar-refractivity contribution < 1.29 is 4.42 Å². The van der Waals surface area contributed by atoms with Crippen molar-refractivity contribution in [2.75, 3.05) is 0 Å². The number of nitrogens with zero attached hydrogens (tertiary/aromatic N) is 2. The molecule has 0 unspecified atom stereocenters. The lowest BCUT2D eigenvalue weighted by atomic mass is 10.2. The molecule has 0 N–H and O–H groups in total. The molecular weight excluding hydrogens is 236 g/mol. The first kappa shape index (κ1) is 10.3. The Morgan fingerprint density at radius 3 is 2.65 bits per heavy atom. The second kappa shape index (κ2) is 3.86. The Labute approximate surface area is 103 Å². The van der Waals surface area contributed by atoms with Crippen molar-refractivity contribution in [1.29, 1.82) is 0 Å². The molecule has 17 heavy (non-hydrogen) atoms. The fourth-order valence-electron chi connectivity index (χ4n) is 1.68. The molecule has 2 aromatic heterocycles. The predicted molar refractivity (Wildman–Crippen MR) is 67.0 cm³/mol. The molecule has 84 valence electrons. The van der Waals surface area contributed by atoms with Crippen LogP contribution in [-0.4, -0.2) is 9.97 Å². The van der Waals surface area contributed by atoms with E-state index in [0.717, 1.165) is 11.1 Å². The molecule has 2 heterocycles. The van der Waals surface area contributed by atoms with Gasteiger partial charge in [0.25, 0.3) is 0 Å². The number of hydrogen-bond donors (Lipinski definition) is 0. The van der Waals surface area contributed by atoms with E-state index in [4.69, 9.17) is 16.0 Å². The van der Waals surface area contributed by atoms with Gasteiger partial charge in [-0.2, -0.15) is 0 Å². The van der Waals surface area contributed by atoms with Crippen LogP contribution in [0.1, 0.15) is 5.56 Å². The Morgan fingerprint density at radius 1 is 1.12 bits per heavy atom. The highest BCUT2D eigenvalue weighted by atomic mass is 35.5. The highest BCUT2D eigenvalue weighted by Gasteiger charge is 2.11. The molecule has 0 spiro atoms. The van der Waals surface area contributed by atoms with Crippen LogP contribution in [0.15, 0.2) is 41.1 Å². The molecule has 0 saturated carbocycles. The topological polar surface area (TPSA) is 38.9 Å². The summed E-state index contributed by atoms with van der Waals surface area (Å²) in [5, 5.41) is 0.645. The maximum Gasteiger partial charge on any atom is 0.227 e. The minimum Gasteiger partial charge on any atom is -0.436 e. The van der Waals surface area contributed by atoms with Gasteiger partial charge in [-0.25, -0.2) is 4.98 Å². The zero-order valence-electron chi connectivity index (χ0n) is 9.14. The number of oxazole rings is 1. The number of hydrogen-bond acceptors (Lipinski definition) is 3. The molecule has 0 aliphatic carbocycles. The lowest BCUT2D eigenvalue weighted by molar-refractivity contribution is 0.619. The minimum absolute atomic E-state index is 0.565. The van der Waals surface area contributed by atoms with Gasteiger partial charge in [0.2, 0.25) is 5.89 Å². The number of aromatic nitrogens is 2. The van der Waals surface area contributed by atoms with Gasteiger partial charge in [-0.05, 0) is 30.7 Å². The Balaban J connectivity index is 2.24. The molecule has 0 fully saturated rings. The SMILES string of the molecule is Cc1ccc2oc(-c3ccncc3)nc2c1Cl. The van der Waals surface area contributed by atoms with Crippen LogP contribution >= 0.6 is 11.6 Å². The van der Waals surface area contributed by atoms with Gasteiger partial charge in [0, 0.05) is 18.0 Å². The summed E-state index contributed by atoms with van der Waals surface area (Å²) in [6.07, 6.45) is 3.41. The maximum absolute atomic E-state index is 6.19. The number of halogens is 1. The van der Waals surface area contributed by atoms with E-state index in [1.807, 2.05) is 31.2 Å². The van der Waals surface area contributed by atoms with Crippen molar-refractivity contribution in [2.45, 2.75) is 6.92 Å². The Bertz CT molecular complexity index is 676. The van der Waals surface area contributed by atoms with Crippen LogP contribution in [0.25, 0.3) is 22.6 Å². The smallest absolute Gasteiger partial charge is 0.227 e. The third kappa shape index (κ3) is 1.68. The monoisotopic (exact) mass is 244 g/mol. The molecule has 0 aliphatic heterocycles. The van der Waals surface area contributed by atoms with Gasteiger partial charge in [-0.1, -0.05) is 17.7 Å². The molecule has 3 nitrogen and oxygen atoms in total. The summed E-state index contributed by atoms with van der Waals surface area (Å²) in [4.78, 5) is 8.38. The summed E-state index contributed by atoms with van der Waals surface area (Å²) in [7, 11) is 0. The second-order valence-corrected chi connectivity index (χ2v) is 4.18. The summed E-state index contributed by atoms with van der Waals surface area (Å²) < 4.78 is 5.67. The van der Waals surface area contributed by atoms with E-state index in [-0.39, 0.29) is 0 Å². The molecule has 0 amide bonds. The van der Waals surface area contributed by atoms with Gasteiger partial charge in [0.05, 0.1) is 5.02 Å². The molecular formula is C13H9ClN2O. The fraction of sp³-hybridized carbons (Fsp3) is 0.0769. The van der Waals surface area contributed by atoms with E-state index in [1.54, 1.807) is 12.4 Å². The highest BCUT2D eigenvalue weighted by molar-refractivity contribution is 6.35. The van der Waals surface area contributed by atoms with Gasteiger partial charge < -0.3 is 4.42 Å². The second-order valence-electron chi connectivity index (χ2n) is 3.80. The van der Waals surface area contributed by atoms with Crippen LogP contribution in [0, 0.1) is 6.92 Å². The molecule has 0 aliphatic rings. The van der Waals surface area contributed by atoms with Crippen molar-refractivity contribution in [1.82, 2.24) is 9.97 Å². The van der Waals surface area contributed by atoms with Crippen molar-refractivity contribution in [2.24, 2.45) is 0 Å². The Kier molecular flexibility index (Phi) is 2.34. The average molecular weight is 245 g/mol. The van der Waals surface area contributed by atoms with Crippen LogP contribution in [0.4, 0.5) is 0 Å². The average Bonchev–Trinajstić information content (AvgIpc) is 2.80. The standard InChI is InChI=1S/C13H9ClN2O/c1-8-2-3-10-12(11(8)14)16-13(17-10)9-4-6-15-7-5-9/h2-7H,1H3. The van der Waals surface area contributed by atoms with E-state index in [1.165, 1.54) is 0 Å².